The number of nitrogens with one attached hydrogen (secondary N) is 2. The molecule has 6 heteroatoms. The lowest BCUT2D eigenvalue weighted by Crippen LogP contribution is -2.37. The maximum atomic E-state index is 13.2. The standard InChI is InChI=1S/C28H29N3O3/c1-17-18(2)29-26-23(17)9-6-10-24(26)27(32)30-22-14-25(28(33)34-3)31(16-22)15-19-11-12-20-7-4-5-8-21(20)13-19/h4-13,22,25,29H,14-16H2,1-3H3,(H,30,32)/t22-,25-/m0/s1. The third-order valence-corrected chi connectivity index (χ3v) is 7.00. The van der Waals surface area contributed by atoms with Crippen molar-refractivity contribution < 1.29 is 14.3 Å². The largest absolute Gasteiger partial charge is 0.468 e. The summed E-state index contributed by atoms with van der Waals surface area (Å²) < 4.78 is 5.09. The molecule has 1 amide bonds. The van der Waals surface area contributed by atoms with Crippen LogP contribution in [0, 0.1) is 13.8 Å². The number of amides is 1. The molecule has 174 valence electrons. The second-order valence-corrected chi connectivity index (χ2v) is 9.16. The van der Waals surface area contributed by atoms with Gasteiger partial charge in [-0.3, -0.25) is 14.5 Å². The minimum Gasteiger partial charge on any atom is -0.468 e. The molecule has 1 aliphatic rings. The molecule has 0 bridgehead atoms. The lowest BCUT2D eigenvalue weighted by molar-refractivity contribution is -0.146. The van der Waals surface area contributed by atoms with E-state index in [0.717, 1.165) is 27.7 Å². The number of fused-ring (bicyclic) bond motifs is 2. The molecule has 4 aromatic rings. The van der Waals surface area contributed by atoms with Crippen LogP contribution in [0.1, 0.15) is 33.6 Å². The first-order chi connectivity index (χ1) is 16.4. The maximum Gasteiger partial charge on any atom is 0.323 e. The predicted molar refractivity (Wildman–Crippen MR) is 134 cm³/mol. The fourth-order valence-electron chi connectivity index (χ4n) is 5.07. The molecular formula is C28H29N3O3. The van der Waals surface area contributed by atoms with Gasteiger partial charge in [-0.1, -0.05) is 48.5 Å². The fourth-order valence-corrected chi connectivity index (χ4v) is 5.07. The van der Waals surface area contributed by atoms with Crippen LogP contribution in [0.3, 0.4) is 0 Å². The van der Waals surface area contributed by atoms with Crippen molar-refractivity contribution in [3.8, 4) is 0 Å². The summed E-state index contributed by atoms with van der Waals surface area (Å²) in [6.07, 6.45) is 0.519. The predicted octanol–water partition coefficient (Wildman–Crippen LogP) is 4.48. The number of likely N-dealkylation sites (tertiary alicyclic amines) is 1. The van der Waals surface area contributed by atoms with E-state index in [1.165, 1.54) is 17.9 Å². The van der Waals surface area contributed by atoms with Gasteiger partial charge < -0.3 is 15.0 Å². The summed E-state index contributed by atoms with van der Waals surface area (Å²) in [4.78, 5) is 31.2. The zero-order chi connectivity index (χ0) is 23.8. The number of esters is 1. The SMILES string of the molecule is COC(=O)[C@@H]1C[C@H](NC(=O)c2cccc3c(C)c(C)[nH]c23)CN1Cc1ccc2ccccc2c1. The van der Waals surface area contributed by atoms with Crippen LogP contribution in [0.25, 0.3) is 21.7 Å². The molecule has 3 aromatic carbocycles. The third-order valence-electron chi connectivity index (χ3n) is 7.00. The van der Waals surface area contributed by atoms with E-state index in [9.17, 15) is 9.59 Å². The number of aromatic nitrogens is 1. The van der Waals surface area contributed by atoms with E-state index in [0.29, 0.717) is 25.1 Å². The molecule has 0 aliphatic carbocycles. The van der Waals surface area contributed by atoms with E-state index >= 15 is 0 Å². The van der Waals surface area contributed by atoms with Gasteiger partial charge in [0.25, 0.3) is 5.91 Å². The number of carbonyl (C=O) groups excluding carboxylic acids is 2. The average molecular weight is 456 g/mol. The number of hydrogen-bond donors (Lipinski definition) is 2. The van der Waals surface area contributed by atoms with Crippen LogP contribution >= 0.6 is 0 Å². The number of H-pyrrole nitrogens is 1. The highest BCUT2D eigenvalue weighted by molar-refractivity contribution is 6.06. The molecule has 2 N–H and O–H groups in total. The number of rotatable bonds is 5. The average Bonchev–Trinajstić information content (AvgIpc) is 3.37. The van der Waals surface area contributed by atoms with E-state index in [4.69, 9.17) is 4.74 Å². The van der Waals surface area contributed by atoms with Crippen molar-refractivity contribution in [1.29, 1.82) is 0 Å². The van der Waals surface area contributed by atoms with Crippen molar-refractivity contribution in [1.82, 2.24) is 15.2 Å². The first-order valence-electron chi connectivity index (χ1n) is 11.6. The van der Waals surface area contributed by atoms with E-state index in [1.54, 1.807) is 0 Å². The van der Waals surface area contributed by atoms with Gasteiger partial charge >= 0.3 is 5.97 Å². The summed E-state index contributed by atoms with van der Waals surface area (Å²) in [7, 11) is 1.42. The first-order valence-corrected chi connectivity index (χ1v) is 11.6. The molecule has 6 nitrogen and oxygen atoms in total. The van der Waals surface area contributed by atoms with Crippen molar-refractivity contribution in [3.05, 3.63) is 83.0 Å². The minimum atomic E-state index is -0.396. The quantitative estimate of drug-likeness (QED) is 0.435. The van der Waals surface area contributed by atoms with E-state index in [2.05, 4.69) is 52.5 Å². The molecule has 0 radical (unpaired) electrons. The Morgan fingerprint density at radius 1 is 1.06 bits per heavy atom. The molecule has 2 atom stereocenters. The van der Waals surface area contributed by atoms with Crippen LogP contribution in [0.15, 0.2) is 60.7 Å². The molecule has 1 aliphatic heterocycles. The van der Waals surface area contributed by atoms with Gasteiger partial charge in [-0.2, -0.15) is 0 Å². The normalized spacial score (nSPS) is 18.4. The Kier molecular flexibility index (Phi) is 5.84. The Hall–Kier alpha value is -3.64. The summed E-state index contributed by atoms with van der Waals surface area (Å²) in [6.45, 7) is 5.26. The molecule has 0 saturated carbocycles. The van der Waals surface area contributed by atoms with Gasteiger partial charge in [-0.05, 0) is 54.3 Å². The number of hydrogen-bond acceptors (Lipinski definition) is 4. The molecule has 1 fully saturated rings. The van der Waals surface area contributed by atoms with Gasteiger partial charge in [-0.25, -0.2) is 0 Å². The molecule has 0 unspecified atom stereocenters. The zero-order valence-corrected chi connectivity index (χ0v) is 19.7. The lowest BCUT2D eigenvalue weighted by atomic mass is 10.1. The van der Waals surface area contributed by atoms with Crippen LogP contribution < -0.4 is 5.32 Å². The fraction of sp³-hybridized carbons (Fsp3) is 0.286. The number of benzene rings is 3. The molecule has 0 spiro atoms. The van der Waals surface area contributed by atoms with Crippen LogP contribution in [0.2, 0.25) is 0 Å². The van der Waals surface area contributed by atoms with Gasteiger partial charge in [0, 0.05) is 30.2 Å². The smallest absolute Gasteiger partial charge is 0.323 e. The summed E-state index contributed by atoms with van der Waals surface area (Å²) in [5, 5.41) is 6.58. The maximum absolute atomic E-state index is 13.2. The highest BCUT2D eigenvalue weighted by Gasteiger charge is 2.38. The molecule has 34 heavy (non-hydrogen) atoms. The summed E-state index contributed by atoms with van der Waals surface area (Å²) in [6, 6.07) is 19.8. The molecule has 1 aromatic heterocycles. The number of aromatic amines is 1. The van der Waals surface area contributed by atoms with Gasteiger partial charge in [0.1, 0.15) is 6.04 Å². The van der Waals surface area contributed by atoms with E-state index in [-0.39, 0.29) is 17.9 Å². The van der Waals surface area contributed by atoms with Crippen LogP contribution in [0.5, 0.6) is 0 Å². The summed E-state index contributed by atoms with van der Waals surface area (Å²) in [5.74, 6) is -0.400. The highest BCUT2D eigenvalue weighted by Crippen LogP contribution is 2.26. The first kappa shape index (κ1) is 22.2. The monoisotopic (exact) mass is 455 g/mol. The zero-order valence-electron chi connectivity index (χ0n) is 19.7. The number of nitrogens with zero attached hydrogens (tertiary/aromatic N) is 1. The number of aryl methyl sites for hydroxylation is 2. The van der Waals surface area contributed by atoms with Gasteiger partial charge in [-0.15, -0.1) is 0 Å². The highest BCUT2D eigenvalue weighted by atomic mass is 16.5. The number of ether oxygens (including phenoxy) is 1. The lowest BCUT2D eigenvalue weighted by Gasteiger charge is -2.22. The summed E-state index contributed by atoms with van der Waals surface area (Å²) >= 11 is 0. The van der Waals surface area contributed by atoms with Crippen molar-refractivity contribution in [2.45, 2.75) is 38.9 Å². The van der Waals surface area contributed by atoms with Gasteiger partial charge in [0.15, 0.2) is 0 Å². The second-order valence-electron chi connectivity index (χ2n) is 9.16. The molecule has 2 heterocycles. The third kappa shape index (κ3) is 4.05. The Labute approximate surface area is 198 Å². The Morgan fingerprint density at radius 3 is 2.65 bits per heavy atom. The van der Waals surface area contributed by atoms with Crippen molar-refractivity contribution >= 4 is 33.6 Å². The van der Waals surface area contributed by atoms with Crippen LogP contribution in [-0.2, 0) is 16.1 Å². The number of carbonyl (C=O) groups is 2. The molecule has 1 saturated heterocycles. The topological polar surface area (TPSA) is 74.4 Å². The Bertz CT molecular complexity index is 1390. The van der Waals surface area contributed by atoms with Gasteiger partial charge in [0.05, 0.1) is 18.2 Å². The Balaban J connectivity index is 1.35. The number of para-hydroxylation sites is 1. The van der Waals surface area contributed by atoms with Crippen LogP contribution in [0.4, 0.5) is 0 Å². The molecule has 5 rings (SSSR count). The van der Waals surface area contributed by atoms with Gasteiger partial charge in [0.2, 0.25) is 0 Å². The molecular weight excluding hydrogens is 426 g/mol. The van der Waals surface area contributed by atoms with Crippen molar-refractivity contribution in [2.75, 3.05) is 13.7 Å². The van der Waals surface area contributed by atoms with E-state index < -0.39 is 6.04 Å². The van der Waals surface area contributed by atoms with Crippen LogP contribution in [-0.4, -0.2) is 47.5 Å². The Morgan fingerprint density at radius 2 is 1.85 bits per heavy atom. The van der Waals surface area contributed by atoms with Crippen molar-refractivity contribution in [2.24, 2.45) is 0 Å². The van der Waals surface area contributed by atoms with E-state index in [1.807, 2.05) is 37.3 Å². The van der Waals surface area contributed by atoms with Crippen molar-refractivity contribution in [3.63, 3.8) is 0 Å². The number of methoxy groups -OCH3 is 1. The second kappa shape index (κ2) is 8.95. The summed E-state index contributed by atoms with van der Waals surface area (Å²) in [5.41, 5.74) is 4.81. The minimum absolute atomic E-state index is 0.131.